The van der Waals surface area contributed by atoms with Gasteiger partial charge >= 0.3 is 0 Å². The topological polar surface area (TPSA) is 54.0 Å². The number of piperazine rings is 1. The number of carbonyl (C=O) groups is 1. The number of rotatable bonds is 8. The second-order valence-corrected chi connectivity index (χ2v) is 7.79. The number of ether oxygens (including phenoxy) is 2. The molecule has 1 aliphatic heterocycles. The van der Waals surface area contributed by atoms with Crippen molar-refractivity contribution in [3.63, 3.8) is 0 Å². The number of hydrogen-bond donors (Lipinski definition) is 1. The molecule has 27 heavy (non-hydrogen) atoms. The summed E-state index contributed by atoms with van der Waals surface area (Å²) in [6.07, 6.45) is 0. The van der Waals surface area contributed by atoms with Crippen LogP contribution in [0.25, 0.3) is 0 Å². The summed E-state index contributed by atoms with van der Waals surface area (Å²) in [5.41, 5.74) is 2.46. The van der Waals surface area contributed by atoms with Crippen molar-refractivity contribution in [2.75, 3.05) is 46.9 Å². The van der Waals surface area contributed by atoms with Crippen LogP contribution in [0.15, 0.2) is 12.1 Å². The first-order valence-electron chi connectivity index (χ1n) is 9.79. The Kier molecular flexibility index (Phi) is 7.92. The third-order valence-corrected chi connectivity index (χ3v) is 5.46. The smallest absolute Gasteiger partial charge is 0.234 e. The van der Waals surface area contributed by atoms with E-state index >= 15 is 0 Å². The fourth-order valence-corrected chi connectivity index (χ4v) is 3.21. The first-order chi connectivity index (χ1) is 12.8. The van der Waals surface area contributed by atoms with Gasteiger partial charge in [-0.25, -0.2) is 0 Å². The lowest BCUT2D eigenvalue weighted by Gasteiger charge is -2.35. The molecule has 0 saturated carbocycles. The zero-order valence-corrected chi connectivity index (χ0v) is 17.7. The van der Waals surface area contributed by atoms with Gasteiger partial charge in [-0.3, -0.25) is 14.6 Å². The minimum atomic E-state index is 0.125. The highest BCUT2D eigenvalue weighted by Crippen LogP contribution is 2.30. The minimum absolute atomic E-state index is 0.125. The van der Waals surface area contributed by atoms with Gasteiger partial charge in [-0.2, -0.15) is 0 Å². The van der Waals surface area contributed by atoms with Gasteiger partial charge in [0.15, 0.2) is 11.5 Å². The van der Waals surface area contributed by atoms with Crippen LogP contribution < -0.4 is 14.8 Å². The molecule has 6 heteroatoms. The van der Waals surface area contributed by atoms with Crippen LogP contribution in [0.2, 0.25) is 0 Å². The molecule has 1 amide bonds. The van der Waals surface area contributed by atoms with Gasteiger partial charge < -0.3 is 14.8 Å². The summed E-state index contributed by atoms with van der Waals surface area (Å²) in [7, 11) is 3.33. The van der Waals surface area contributed by atoms with E-state index in [4.69, 9.17) is 9.47 Å². The third-order valence-electron chi connectivity index (χ3n) is 5.46. The van der Waals surface area contributed by atoms with Gasteiger partial charge in [0, 0.05) is 38.8 Å². The van der Waals surface area contributed by atoms with E-state index in [1.165, 1.54) is 11.1 Å². The van der Waals surface area contributed by atoms with Crippen LogP contribution in [0.1, 0.15) is 31.9 Å². The minimum Gasteiger partial charge on any atom is -0.493 e. The number of carbonyl (C=O) groups excluding carboxylic acids is 1. The lowest BCUT2D eigenvalue weighted by atomic mass is 10.1. The average molecular weight is 378 g/mol. The lowest BCUT2D eigenvalue weighted by molar-refractivity contribution is -0.123. The molecule has 0 aromatic heterocycles. The highest BCUT2D eigenvalue weighted by Gasteiger charge is 2.21. The van der Waals surface area contributed by atoms with Gasteiger partial charge in [0.2, 0.25) is 5.91 Å². The van der Waals surface area contributed by atoms with Crippen LogP contribution in [0, 0.1) is 12.8 Å². The molecule has 1 fully saturated rings. The van der Waals surface area contributed by atoms with E-state index in [2.05, 4.69) is 48.9 Å². The zero-order valence-electron chi connectivity index (χ0n) is 17.7. The van der Waals surface area contributed by atoms with E-state index in [-0.39, 0.29) is 11.9 Å². The normalized spacial score (nSPS) is 17.0. The van der Waals surface area contributed by atoms with Crippen LogP contribution in [-0.4, -0.2) is 68.7 Å². The summed E-state index contributed by atoms with van der Waals surface area (Å²) in [6.45, 7) is 13.5. The Labute approximate surface area is 163 Å². The molecular formula is C21H35N3O3. The van der Waals surface area contributed by atoms with E-state index in [1.807, 2.05) is 6.07 Å². The maximum absolute atomic E-state index is 12.2. The highest BCUT2D eigenvalue weighted by molar-refractivity contribution is 5.78. The molecule has 1 aromatic carbocycles. The SMILES string of the molecule is COc1cc(C)c(CN2CCN(CC(=O)N[C@H](C)C(C)C)CC2)cc1OC. The Hall–Kier alpha value is -1.79. The summed E-state index contributed by atoms with van der Waals surface area (Å²) in [4.78, 5) is 16.8. The van der Waals surface area contributed by atoms with Crippen LogP contribution in [0.3, 0.4) is 0 Å². The Bertz CT molecular complexity index is 625. The number of aryl methyl sites for hydroxylation is 1. The van der Waals surface area contributed by atoms with Gasteiger partial charge in [-0.05, 0) is 43.0 Å². The molecule has 0 bridgehead atoms. The average Bonchev–Trinajstić information content (AvgIpc) is 2.64. The summed E-state index contributed by atoms with van der Waals surface area (Å²) >= 11 is 0. The molecule has 1 aliphatic rings. The Morgan fingerprint density at radius 3 is 2.15 bits per heavy atom. The van der Waals surface area contributed by atoms with E-state index in [0.717, 1.165) is 44.2 Å². The van der Waals surface area contributed by atoms with Gasteiger partial charge in [-0.1, -0.05) is 13.8 Å². The molecule has 1 aromatic rings. The first-order valence-corrected chi connectivity index (χ1v) is 9.79. The second kappa shape index (κ2) is 9.95. The second-order valence-electron chi connectivity index (χ2n) is 7.79. The van der Waals surface area contributed by atoms with Crippen molar-refractivity contribution >= 4 is 5.91 Å². The third kappa shape index (κ3) is 6.11. The molecule has 2 rings (SSSR count). The standard InChI is InChI=1S/C21H35N3O3/c1-15(2)17(4)22-21(25)14-24-9-7-23(8-10-24)13-18-12-20(27-6)19(26-5)11-16(18)3/h11-12,15,17H,7-10,13-14H2,1-6H3,(H,22,25)/t17-/m1/s1. The zero-order chi connectivity index (χ0) is 20.0. The van der Waals surface area contributed by atoms with Crippen LogP contribution in [-0.2, 0) is 11.3 Å². The Morgan fingerprint density at radius 2 is 1.59 bits per heavy atom. The monoisotopic (exact) mass is 377 g/mol. The fraction of sp³-hybridized carbons (Fsp3) is 0.667. The molecule has 1 heterocycles. The maximum atomic E-state index is 12.2. The summed E-state index contributed by atoms with van der Waals surface area (Å²) in [5.74, 6) is 2.12. The first kappa shape index (κ1) is 21.5. The molecule has 0 aliphatic carbocycles. The van der Waals surface area contributed by atoms with Gasteiger partial charge in [0.1, 0.15) is 0 Å². The van der Waals surface area contributed by atoms with Crippen molar-refractivity contribution < 1.29 is 14.3 Å². The van der Waals surface area contributed by atoms with Gasteiger partial charge in [0.25, 0.3) is 0 Å². The fourth-order valence-electron chi connectivity index (χ4n) is 3.21. The quantitative estimate of drug-likeness (QED) is 0.753. The van der Waals surface area contributed by atoms with Crippen molar-refractivity contribution in [1.29, 1.82) is 0 Å². The summed E-state index contributed by atoms with van der Waals surface area (Å²) in [5, 5.41) is 3.09. The molecule has 1 N–H and O–H groups in total. The molecule has 0 unspecified atom stereocenters. The Morgan fingerprint density at radius 1 is 1.04 bits per heavy atom. The van der Waals surface area contributed by atoms with E-state index < -0.39 is 0 Å². The molecule has 0 spiro atoms. The van der Waals surface area contributed by atoms with Crippen molar-refractivity contribution in [3.05, 3.63) is 23.3 Å². The molecule has 1 atom stereocenters. The van der Waals surface area contributed by atoms with Crippen LogP contribution in [0.4, 0.5) is 0 Å². The summed E-state index contributed by atoms with van der Waals surface area (Å²) in [6, 6.07) is 4.32. The van der Waals surface area contributed by atoms with Crippen LogP contribution >= 0.6 is 0 Å². The molecule has 0 radical (unpaired) electrons. The predicted octanol–water partition coefficient (Wildman–Crippen LogP) is 2.29. The maximum Gasteiger partial charge on any atom is 0.234 e. The highest BCUT2D eigenvalue weighted by atomic mass is 16.5. The van der Waals surface area contributed by atoms with Crippen molar-refractivity contribution in [2.24, 2.45) is 5.92 Å². The lowest BCUT2D eigenvalue weighted by Crippen LogP contribution is -2.50. The number of nitrogens with one attached hydrogen (secondary N) is 1. The van der Waals surface area contributed by atoms with Gasteiger partial charge in [0.05, 0.1) is 20.8 Å². The molecule has 1 saturated heterocycles. The molecular weight excluding hydrogens is 342 g/mol. The summed E-state index contributed by atoms with van der Waals surface area (Å²) < 4.78 is 10.8. The molecule has 6 nitrogen and oxygen atoms in total. The number of hydrogen-bond acceptors (Lipinski definition) is 5. The largest absolute Gasteiger partial charge is 0.493 e. The number of amides is 1. The number of methoxy groups -OCH3 is 2. The van der Waals surface area contributed by atoms with Crippen LogP contribution in [0.5, 0.6) is 11.5 Å². The van der Waals surface area contributed by atoms with Crippen molar-refractivity contribution in [1.82, 2.24) is 15.1 Å². The van der Waals surface area contributed by atoms with E-state index in [9.17, 15) is 4.79 Å². The van der Waals surface area contributed by atoms with Gasteiger partial charge in [-0.15, -0.1) is 0 Å². The van der Waals surface area contributed by atoms with Crippen molar-refractivity contribution in [3.8, 4) is 11.5 Å². The van der Waals surface area contributed by atoms with E-state index in [0.29, 0.717) is 12.5 Å². The molecule has 152 valence electrons. The predicted molar refractivity (Wildman–Crippen MR) is 108 cm³/mol. The number of nitrogens with zero attached hydrogens (tertiary/aromatic N) is 2. The van der Waals surface area contributed by atoms with E-state index in [1.54, 1.807) is 14.2 Å². The van der Waals surface area contributed by atoms with Crippen molar-refractivity contribution in [2.45, 2.75) is 40.3 Å². The number of benzene rings is 1. The Balaban J connectivity index is 1.85.